The molecule has 1 heterocycles. The van der Waals surface area contributed by atoms with Crippen LogP contribution >= 0.6 is 0 Å². The molecule has 0 bridgehead atoms. The smallest absolute Gasteiger partial charge is 0.263 e. The summed E-state index contributed by atoms with van der Waals surface area (Å²) in [5, 5.41) is 0. The molecule has 1 aliphatic rings. The maximum Gasteiger partial charge on any atom is 0.263 e. The summed E-state index contributed by atoms with van der Waals surface area (Å²) in [5.41, 5.74) is 6.32. The van der Waals surface area contributed by atoms with Crippen LogP contribution in [0.15, 0.2) is 24.3 Å². The predicted molar refractivity (Wildman–Crippen MR) is 72.9 cm³/mol. The van der Waals surface area contributed by atoms with E-state index in [1.165, 1.54) is 13.8 Å². The Kier molecular flexibility index (Phi) is 3.12. The average Bonchev–Trinajstić information content (AvgIpc) is 2.37. The Labute approximate surface area is 112 Å². The van der Waals surface area contributed by atoms with Crippen molar-refractivity contribution < 1.29 is 13.2 Å². The second kappa shape index (κ2) is 4.37. The molecule has 1 fully saturated rings. The SMILES string of the molecule is CC1(C)C(=O)N(c2ccc(C#CCN)cc2)S1(=O)=O. The first-order chi connectivity index (χ1) is 8.82. The van der Waals surface area contributed by atoms with Gasteiger partial charge in [-0.05, 0) is 38.1 Å². The lowest BCUT2D eigenvalue weighted by Gasteiger charge is -2.42. The number of nitrogens with two attached hydrogens (primary N) is 1. The van der Waals surface area contributed by atoms with Crippen molar-refractivity contribution in [1.82, 2.24) is 0 Å². The molecule has 0 radical (unpaired) electrons. The molecule has 0 unspecified atom stereocenters. The molecule has 2 N–H and O–H groups in total. The van der Waals surface area contributed by atoms with E-state index < -0.39 is 20.7 Å². The first-order valence-electron chi connectivity index (χ1n) is 5.70. The van der Waals surface area contributed by atoms with Gasteiger partial charge < -0.3 is 5.73 Å². The molecule has 100 valence electrons. The molecule has 2 rings (SSSR count). The fourth-order valence-electron chi connectivity index (χ4n) is 1.74. The van der Waals surface area contributed by atoms with E-state index in [0.717, 1.165) is 9.87 Å². The van der Waals surface area contributed by atoms with Gasteiger partial charge in [0, 0.05) is 5.56 Å². The van der Waals surface area contributed by atoms with Crippen LogP contribution in [-0.2, 0) is 14.8 Å². The molecule has 1 aliphatic heterocycles. The third-order valence-corrected chi connectivity index (χ3v) is 5.34. The summed E-state index contributed by atoms with van der Waals surface area (Å²) in [5.74, 6) is 5.10. The number of benzene rings is 1. The molecule has 5 nitrogen and oxygen atoms in total. The Balaban J connectivity index is 2.33. The van der Waals surface area contributed by atoms with Crippen molar-refractivity contribution in [1.29, 1.82) is 0 Å². The van der Waals surface area contributed by atoms with Gasteiger partial charge in [-0.15, -0.1) is 0 Å². The fourth-order valence-corrected chi connectivity index (χ4v) is 3.22. The van der Waals surface area contributed by atoms with Crippen molar-refractivity contribution in [3.63, 3.8) is 0 Å². The third kappa shape index (κ3) is 1.91. The van der Waals surface area contributed by atoms with E-state index in [0.29, 0.717) is 5.69 Å². The average molecular weight is 278 g/mol. The maximum atomic E-state index is 12.0. The summed E-state index contributed by atoms with van der Waals surface area (Å²) in [6, 6.07) is 6.44. The van der Waals surface area contributed by atoms with E-state index in [-0.39, 0.29) is 6.54 Å². The zero-order valence-corrected chi connectivity index (χ0v) is 11.5. The van der Waals surface area contributed by atoms with E-state index in [4.69, 9.17) is 5.73 Å². The molecule has 0 atom stereocenters. The zero-order chi connectivity index (χ0) is 14.3. The second-order valence-corrected chi connectivity index (χ2v) is 6.97. The van der Waals surface area contributed by atoms with Gasteiger partial charge in [0.1, 0.15) is 0 Å². The maximum absolute atomic E-state index is 12.0. The number of sulfonamides is 1. The van der Waals surface area contributed by atoms with Crippen LogP contribution in [0.4, 0.5) is 5.69 Å². The van der Waals surface area contributed by atoms with Gasteiger partial charge in [-0.3, -0.25) is 4.79 Å². The Bertz CT molecular complexity index is 679. The molecule has 19 heavy (non-hydrogen) atoms. The van der Waals surface area contributed by atoms with Gasteiger partial charge in [0.25, 0.3) is 15.9 Å². The second-order valence-electron chi connectivity index (χ2n) is 4.64. The predicted octanol–water partition coefficient (Wildman–Crippen LogP) is 0.452. The van der Waals surface area contributed by atoms with E-state index in [1.54, 1.807) is 24.3 Å². The Morgan fingerprint density at radius 3 is 2.32 bits per heavy atom. The lowest BCUT2D eigenvalue weighted by Crippen LogP contribution is -2.67. The lowest BCUT2D eigenvalue weighted by atomic mass is 10.1. The molecular weight excluding hydrogens is 264 g/mol. The highest BCUT2D eigenvalue weighted by Crippen LogP contribution is 2.38. The number of nitrogens with zero attached hydrogens (tertiary/aromatic N) is 1. The van der Waals surface area contributed by atoms with Gasteiger partial charge in [0.15, 0.2) is 4.75 Å². The van der Waals surface area contributed by atoms with Gasteiger partial charge >= 0.3 is 0 Å². The molecule has 0 aliphatic carbocycles. The summed E-state index contributed by atoms with van der Waals surface area (Å²) in [6.45, 7) is 3.07. The monoisotopic (exact) mass is 278 g/mol. The number of amides is 1. The molecule has 6 heteroatoms. The molecule has 1 aromatic rings. The standard InChI is InChI=1S/C13H14N2O3S/c1-13(2)12(16)15(19(13,17)18)11-7-5-10(6-8-11)4-3-9-14/h5-8H,9,14H2,1-2H3. The van der Waals surface area contributed by atoms with Gasteiger partial charge in [0.2, 0.25) is 0 Å². The Morgan fingerprint density at radius 2 is 1.84 bits per heavy atom. The molecule has 0 saturated carbocycles. The Morgan fingerprint density at radius 1 is 1.26 bits per heavy atom. The normalized spacial score (nSPS) is 19.3. The number of rotatable bonds is 1. The quantitative estimate of drug-likeness (QED) is 0.756. The van der Waals surface area contributed by atoms with Gasteiger partial charge in [0.05, 0.1) is 12.2 Å². The Hall–Kier alpha value is -1.84. The molecule has 1 amide bonds. The van der Waals surface area contributed by atoms with Crippen LogP contribution in [0.2, 0.25) is 0 Å². The van der Waals surface area contributed by atoms with Crippen LogP contribution in [0, 0.1) is 11.8 Å². The highest BCUT2D eigenvalue weighted by atomic mass is 32.2. The molecule has 0 aromatic heterocycles. The lowest BCUT2D eigenvalue weighted by molar-refractivity contribution is -0.120. The van der Waals surface area contributed by atoms with E-state index in [9.17, 15) is 13.2 Å². The number of hydrogen-bond acceptors (Lipinski definition) is 4. The molecule has 1 aromatic carbocycles. The van der Waals surface area contributed by atoms with Crippen molar-refractivity contribution in [2.45, 2.75) is 18.6 Å². The van der Waals surface area contributed by atoms with Gasteiger partial charge in [-0.1, -0.05) is 11.8 Å². The van der Waals surface area contributed by atoms with Crippen molar-refractivity contribution in [2.24, 2.45) is 5.73 Å². The highest BCUT2D eigenvalue weighted by Gasteiger charge is 2.60. The van der Waals surface area contributed by atoms with Crippen LogP contribution in [0.25, 0.3) is 0 Å². The van der Waals surface area contributed by atoms with Gasteiger partial charge in [-0.25, -0.2) is 12.7 Å². The summed E-state index contributed by atoms with van der Waals surface area (Å²) in [4.78, 5) is 11.9. The van der Waals surface area contributed by atoms with Crippen LogP contribution in [-0.4, -0.2) is 25.6 Å². The number of hydrogen-bond donors (Lipinski definition) is 1. The topological polar surface area (TPSA) is 80.5 Å². The zero-order valence-electron chi connectivity index (χ0n) is 10.7. The minimum atomic E-state index is -3.60. The number of carbonyl (C=O) groups is 1. The van der Waals surface area contributed by atoms with Crippen molar-refractivity contribution in [3.05, 3.63) is 29.8 Å². The summed E-state index contributed by atoms with van der Waals surface area (Å²) in [6.07, 6.45) is 0. The highest BCUT2D eigenvalue weighted by molar-refractivity contribution is 7.98. The van der Waals surface area contributed by atoms with E-state index in [2.05, 4.69) is 11.8 Å². The fraction of sp³-hybridized carbons (Fsp3) is 0.308. The molecule has 1 saturated heterocycles. The summed E-state index contributed by atoms with van der Waals surface area (Å²) < 4.78 is 23.5. The van der Waals surface area contributed by atoms with Crippen molar-refractivity contribution in [2.75, 3.05) is 10.8 Å². The van der Waals surface area contributed by atoms with Crippen LogP contribution in [0.1, 0.15) is 19.4 Å². The van der Waals surface area contributed by atoms with E-state index in [1.807, 2.05) is 0 Å². The third-order valence-electron chi connectivity index (χ3n) is 3.02. The minimum Gasteiger partial charge on any atom is -0.320 e. The molecule has 0 spiro atoms. The van der Waals surface area contributed by atoms with E-state index >= 15 is 0 Å². The minimum absolute atomic E-state index is 0.259. The number of carbonyl (C=O) groups excluding carboxylic acids is 1. The van der Waals surface area contributed by atoms with Crippen LogP contribution < -0.4 is 10.0 Å². The van der Waals surface area contributed by atoms with Crippen molar-refractivity contribution in [3.8, 4) is 11.8 Å². The molecular formula is C13H14N2O3S. The largest absolute Gasteiger partial charge is 0.320 e. The van der Waals surface area contributed by atoms with Crippen molar-refractivity contribution >= 4 is 21.6 Å². The first kappa shape index (κ1) is 13.6. The summed E-state index contributed by atoms with van der Waals surface area (Å²) in [7, 11) is -3.60. The van der Waals surface area contributed by atoms with Gasteiger partial charge in [-0.2, -0.15) is 0 Å². The number of anilines is 1. The van der Waals surface area contributed by atoms with Crippen LogP contribution in [0.5, 0.6) is 0 Å². The first-order valence-corrected chi connectivity index (χ1v) is 7.14. The van der Waals surface area contributed by atoms with Crippen LogP contribution in [0.3, 0.4) is 0 Å². The summed E-state index contributed by atoms with van der Waals surface area (Å²) >= 11 is 0.